The fourth-order valence-electron chi connectivity index (χ4n) is 6.90. The molecule has 2 aliphatic rings. The molecule has 1 aliphatic heterocycles. The number of rotatable bonds is 13. The van der Waals surface area contributed by atoms with Gasteiger partial charge in [0.1, 0.15) is 12.4 Å². The number of alkyl halides is 3. The van der Waals surface area contributed by atoms with Gasteiger partial charge in [-0.25, -0.2) is 14.0 Å². The van der Waals surface area contributed by atoms with Gasteiger partial charge in [-0.05, 0) is 85.2 Å². The van der Waals surface area contributed by atoms with Gasteiger partial charge in [0.2, 0.25) is 5.91 Å². The number of hydrogen-bond donors (Lipinski definition) is 4. The van der Waals surface area contributed by atoms with Crippen LogP contribution in [0.5, 0.6) is 0 Å². The molecule has 0 bridgehead atoms. The first-order valence-electron chi connectivity index (χ1n) is 18.7. The topological polar surface area (TPSA) is 174 Å². The van der Waals surface area contributed by atoms with E-state index >= 15 is 0 Å². The van der Waals surface area contributed by atoms with Crippen LogP contribution in [0.3, 0.4) is 0 Å². The number of carbonyl (C=O) groups is 3. The van der Waals surface area contributed by atoms with Crippen LogP contribution in [0.4, 0.5) is 17.6 Å². The number of carbonyl (C=O) groups excluding carboxylic acids is 1. The Labute approximate surface area is 335 Å². The van der Waals surface area contributed by atoms with Crippen molar-refractivity contribution in [2.45, 2.75) is 87.5 Å². The van der Waals surface area contributed by atoms with E-state index < -0.39 is 35.9 Å². The number of aromatic nitrogens is 2. The molecule has 0 saturated carbocycles. The molecule has 0 spiro atoms. The van der Waals surface area contributed by atoms with Gasteiger partial charge in [0, 0.05) is 42.7 Å². The highest BCUT2D eigenvalue weighted by Gasteiger charge is 2.32. The van der Waals surface area contributed by atoms with Gasteiger partial charge in [-0.15, -0.1) is 0 Å². The number of fused-ring (bicyclic) bond motifs is 1. The average molecular weight is 829 g/mol. The third-order valence-corrected chi connectivity index (χ3v) is 11.2. The minimum Gasteiger partial charge on any atom is -0.479 e. The zero-order valence-electron chi connectivity index (χ0n) is 31.6. The molecule has 310 valence electrons. The van der Waals surface area contributed by atoms with Gasteiger partial charge in [-0.1, -0.05) is 67.2 Å². The molecular formula is C41H44F4N4O8S. The Balaban J connectivity index is 0.000000567. The third-order valence-electron chi connectivity index (χ3n) is 10.2. The zero-order chi connectivity index (χ0) is 42.1. The van der Waals surface area contributed by atoms with Crippen LogP contribution >= 0.6 is 11.8 Å². The number of benzene rings is 3. The lowest BCUT2D eigenvalue weighted by atomic mass is 10.00. The number of aliphatic hydroxyl groups excluding tert-OH is 2. The highest BCUT2D eigenvalue weighted by Crippen LogP contribution is 2.32. The Morgan fingerprint density at radius 1 is 0.862 bits per heavy atom. The lowest BCUT2D eigenvalue weighted by Gasteiger charge is -2.38. The monoisotopic (exact) mass is 828 g/mol. The van der Waals surface area contributed by atoms with E-state index in [2.05, 4.69) is 16.8 Å². The van der Waals surface area contributed by atoms with Crippen LogP contribution < -0.4 is 5.56 Å². The molecule has 1 fully saturated rings. The molecule has 2 atom stereocenters. The predicted octanol–water partition coefficient (Wildman–Crippen LogP) is 5.24. The molecule has 58 heavy (non-hydrogen) atoms. The van der Waals surface area contributed by atoms with E-state index in [1.165, 1.54) is 36.0 Å². The summed E-state index contributed by atoms with van der Waals surface area (Å²) in [7, 11) is 0. The lowest BCUT2D eigenvalue weighted by Crippen LogP contribution is -2.48. The first-order chi connectivity index (χ1) is 27.5. The molecule has 12 nitrogen and oxygen atoms in total. The summed E-state index contributed by atoms with van der Waals surface area (Å²) >= 11 is 1.37. The van der Waals surface area contributed by atoms with Crippen molar-refractivity contribution in [1.29, 1.82) is 0 Å². The molecule has 1 amide bonds. The van der Waals surface area contributed by atoms with Crippen LogP contribution in [0, 0.1) is 5.82 Å². The van der Waals surface area contributed by atoms with Gasteiger partial charge in [0.05, 0.1) is 5.56 Å². The minimum absolute atomic E-state index is 0.0330. The standard InChI is InChI=1S/C37H38F4N4O2S.C4H6O6/c1-2-43-20-18-31(19-21-43)44(22-25-6-10-27(11-7-25)28-12-14-29(15-13-28)37(39,40)41)34(46)23-45-33-5-3-4-32(33)35(47)42-36(45)48-24-26-8-16-30(38)17-9-26;5-1(3(7)8)2(6)4(9)10/h6-17,31H,2-5,18-24H2,1H3;1-2,5-6H,(H,7,8)(H,9,10). The minimum atomic E-state index is -4.39. The van der Waals surface area contributed by atoms with Crippen molar-refractivity contribution < 1.29 is 52.4 Å². The first-order valence-corrected chi connectivity index (χ1v) is 19.6. The number of halogens is 4. The maximum Gasteiger partial charge on any atom is 0.416 e. The van der Waals surface area contributed by atoms with Crippen molar-refractivity contribution >= 4 is 29.6 Å². The maximum absolute atomic E-state index is 14.4. The van der Waals surface area contributed by atoms with Crippen LogP contribution in [-0.4, -0.2) is 95.5 Å². The van der Waals surface area contributed by atoms with Crippen LogP contribution in [0.1, 0.15) is 54.1 Å². The molecular weight excluding hydrogens is 785 g/mol. The van der Waals surface area contributed by atoms with Crippen LogP contribution in [0.2, 0.25) is 0 Å². The second kappa shape index (κ2) is 19.6. The highest BCUT2D eigenvalue weighted by atomic mass is 32.2. The van der Waals surface area contributed by atoms with E-state index in [1.807, 2.05) is 33.7 Å². The molecule has 3 aromatic carbocycles. The summed E-state index contributed by atoms with van der Waals surface area (Å²) in [4.78, 5) is 55.6. The largest absolute Gasteiger partial charge is 0.479 e. The van der Waals surface area contributed by atoms with Crippen molar-refractivity contribution in [1.82, 2.24) is 19.4 Å². The van der Waals surface area contributed by atoms with Gasteiger partial charge in [-0.2, -0.15) is 18.2 Å². The fraction of sp³-hybridized carbons (Fsp3) is 0.390. The summed E-state index contributed by atoms with van der Waals surface area (Å²) in [6.45, 7) is 5.32. The van der Waals surface area contributed by atoms with Gasteiger partial charge >= 0.3 is 18.1 Å². The number of aliphatic hydroxyl groups is 2. The Morgan fingerprint density at radius 3 is 1.95 bits per heavy atom. The van der Waals surface area contributed by atoms with E-state index in [0.717, 1.165) is 73.4 Å². The SMILES string of the molecule is CCN1CCC(N(Cc2ccc(-c3ccc(C(F)(F)F)cc3)cc2)C(=O)Cn2c(SCc3ccc(F)cc3)nc(=O)c3c2CCC3)CC1.O=C(O)C(O)C(O)C(=O)O. The number of amides is 1. The average Bonchev–Trinajstić information content (AvgIpc) is 3.72. The van der Waals surface area contributed by atoms with Crippen molar-refractivity contribution in [2.24, 2.45) is 0 Å². The van der Waals surface area contributed by atoms with E-state index in [-0.39, 0.29) is 29.9 Å². The summed E-state index contributed by atoms with van der Waals surface area (Å²) in [5, 5.41) is 33.0. The summed E-state index contributed by atoms with van der Waals surface area (Å²) < 4.78 is 54.6. The van der Waals surface area contributed by atoms with E-state index in [4.69, 9.17) is 20.4 Å². The zero-order valence-corrected chi connectivity index (χ0v) is 32.4. The van der Waals surface area contributed by atoms with Crippen molar-refractivity contribution in [3.63, 3.8) is 0 Å². The van der Waals surface area contributed by atoms with E-state index in [1.54, 1.807) is 12.1 Å². The first kappa shape index (κ1) is 44.0. The molecule has 1 aromatic heterocycles. The highest BCUT2D eigenvalue weighted by molar-refractivity contribution is 7.98. The number of carboxylic acids is 2. The van der Waals surface area contributed by atoms with E-state index in [9.17, 15) is 36.7 Å². The Bertz CT molecular complexity index is 2090. The number of aliphatic carboxylic acids is 2. The molecule has 1 aliphatic carbocycles. The predicted molar refractivity (Wildman–Crippen MR) is 206 cm³/mol. The van der Waals surface area contributed by atoms with Crippen molar-refractivity contribution in [3.8, 4) is 11.1 Å². The molecule has 1 saturated heterocycles. The van der Waals surface area contributed by atoms with Gasteiger partial charge in [0.15, 0.2) is 17.4 Å². The van der Waals surface area contributed by atoms with Crippen molar-refractivity contribution in [2.75, 3.05) is 19.6 Å². The quantitative estimate of drug-likeness (QED) is 0.0789. The summed E-state index contributed by atoms with van der Waals surface area (Å²) in [6.07, 6.45) is -5.06. The van der Waals surface area contributed by atoms with E-state index in [0.29, 0.717) is 41.4 Å². The Hall–Kier alpha value is -5.10. The van der Waals surface area contributed by atoms with Crippen LogP contribution in [0.15, 0.2) is 82.7 Å². The molecule has 4 aromatic rings. The van der Waals surface area contributed by atoms with Gasteiger partial charge in [-0.3, -0.25) is 9.59 Å². The summed E-state index contributed by atoms with van der Waals surface area (Å²) in [5.74, 6) is -3.43. The summed E-state index contributed by atoms with van der Waals surface area (Å²) in [6, 6.07) is 19.0. The second-order valence-electron chi connectivity index (χ2n) is 14.0. The lowest BCUT2D eigenvalue weighted by molar-refractivity contribution is -0.165. The summed E-state index contributed by atoms with van der Waals surface area (Å²) in [5.41, 5.74) is 3.89. The molecule has 0 radical (unpaired) electrons. The number of piperidine rings is 1. The number of hydrogen-bond acceptors (Lipinski definition) is 9. The maximum atomic E-state index is 14.4. The Kier molecular flexibility index (Phi) is 14.8. The smallest absolute Gasteiger partial charge is 0.416 e. The molecule has 2 unspecified atom stereocenters. The fourth-order valence-corrected chi connectivity index (χ4v) is 7.87. The van der Waals surface area contributed by atoms with Crippen LogP contribution in [-0.2, 0) is 52.2 Å². The molecule has 17 heteroatoms. The third kappa shape index (κ3) is 11.3. The van der Waals surface area contributed by atoms with Gasteiger partial charge < -0.3 is 34.8 Å². The number of carboxylic acid groups (broad SMARTS) is 2. The van der Waals surface area contributed by atoms with Gasteiger partial charge in [0.25, 0.3) is 5.56 Å². The molecule has 6 rings (SSSR count). The second-order valence-corrected chi connectivity index (χ2v) is 14.9. The van der Waals surface area contributed by atoms with Crippen LogP contribution in [0.25, 0.3) is 11.1 Å². The number of likely N-dealkylation sites (tertiary alicyclic amines) is 1. The Morgan fingerprint density at radius 2 is 1.41 bits per heavy atom. The number of thioether (sulfide) groups is 1. The van der Waals surface area contributed by atoms with Crippen molar-refractivity contribution in [3.05, 3.63) is 117 Å². The molecule has 4 N–H and O–H groups in total. The normalized spacial score (nSPS) is 15.5. The molecule has 2 heterocycles. The number of nitrogens with zero attached hydrogens (tertiary/aromatic N) is 4.